The molecule has 0 saturated carbocycles. The Morgan fingerprint density at radius 3 is 2.38 bits per heavy atom. The van der Waals surface area contributed by atoms with Crippen LogP contribution in [0.1, 0.15) is 32.8 Å². The number of ether oxygens (including phenoxy) is 2. The highest BCUT2D eigenvalue weighted by Gasteiger charge is 2.32. The molecular weight excluding hydrogens is 541 g/mol. The van der Waals surface area contributed by atoms with Gasteiger partial charge in [-0.25, -0.2) is 8.42 Å². The lowest BCUT2D eigenvalue weighted by Gasteiger charge is -2.33. The lowest BCUT2D eigenvalue weighted by atomic mass is 10.1. The van der Waals surface area contributed by atoms with Crippen molar-refractivity contribution in [1.29, 1.82) is 0 Å². The third-order valence-electron chi connectivity index (χ3n) is 5.73. The lowest BCUT2D eigenvalue weighted by molar-refractivity contribution is -0.140. The number of nitrogens with one attached hydrogen (secondary N) is 1. The van der Waals surface area contributed by atoms with Gasteiger partial charge in [-0.2, -0.15) is 0 Å². The van der Waals surface area contributed by atoms with Crippen LogP contribution < -0.4 is 19.1 Å². The molecule has 37 heavy (non-hydrogen) atoms. The molecular formula is C25H31Cl2N3O6S. The van der Waals surface area contributed by atoms with E-state index in [1.165, 1.54) is 17.0 Å². The van der Waals surface area contributed by atoms with Crippen LogP contribution >= 0.6 is 23.2 Å². The first-order valence-electron chi connectivity index (χ1n) is 11.8. The molecule has 2 aromatic rings. The zero-order valence-corrected chi connectivity index (χ0v) is 23.5. The summed E-state index contributed by atoms with van der Waals surface area (Å²) < 4.78 is 37.2. The first-order valence-corrected chi connectivity index (χ1v) is 14.4. The largest absolute Gasteiger partial charge is 0.454 e. The number of benzene rings is 2. The van der Waals surface area contributed by atoms with E-state index in [1.54, 1.807) is 31.2 Å². The molecule has 2 amide bonds. The van der Waals surface area contributed by atoms with Crippen LogP contribution in [0.2, 0.25) is 10.0 Å². The molecule has 3 rings (SSSR count). The summed E-state index contributed by atoms with van der Waals surface area (Å²) in [4.78, 5) is 28.2. The number of fused-ring (bicyclic) bond motifs is 1. The van der Waals surface area contributed by atoms with Gasteiger partial charge in [0.1, 0.15) is 12.6 Å². The number of anilines is 1. The minimum absolute atomic E-state index is 0.0255. The summed E-state index contributed by atoms with van der Waals surface area (Å²) in [6.07, 6.45) is 1.33. The highest BCUT2D eigenvalue weighted by atomic mass is 35.5. The Kier molecular flexibility index (Phi) is 9.55. The van der Waals surface area contributed by atoms with Gasteiger partial charge in [0.2, 0.25) is 28.6 Å². The Morgan fingerprint density at radius 1 is 1.05 bits per heavy atom. The van der Waals surface area contributed by atoms with Crippen molar-refractivity contribution in [2.45, 2.75) is 39.8 Å². The van der Waals surface area contributed by atoms with Gasteiger partial charge in [0.05, 0.1) is 22.0 Å². The Hall–Kier alpha value is -2.69. The van der Waals surface area contributed by atoms with E-state index in [1.807, 2.05) is 13.8 Å². The molecule has 0 aromatic heterocycles. The molecule has 0 aliphatic carbocycles. The maximum atomic E-state index is 13.7. The topological polar surface area (TPSA) is 105 Å². The maximum Gasteiger partial charge on any atom is 0.244 e. The average Bonchev–Trinajstić information content (AvgIpc) is 3.30. The Labute approximate surface area is 227 Å². The normalized spacial score (nSPS) is 13.4. The lowest BCUT2D eigenvalue weighted by Crippen LogP contribution is -2.52. The predicted octanol–water partition coefficient (Wildman–Crippen LogP) is 4.07. The van der Waals surface area contributed by atoms with Crippen LogP contribution in [0, 0.1) is 5.92 Å². The van der Waals surface area contributed by atoms with Crippen LogP contribution in [-0.4, -0.2) is 57.3 Å². The van der Waals surface area contributed by atoms with Gasteiger partial charge in [0.25, 0.3) is 0 Å². The number of halogens is 2. The molecule has 0 saturated heterocycles. The number of hydrogen-bond donors (Lipinski definition) is 1. The van der Waals surface area contributed by atoms with Crippen molar-refractivity contribution in [3.05, 3.63) is 52.0 Å². The van der Waals surface area contributed by atoms with Crippen LogP contribution in [0.5, 0.6) is 11.5 Å². The fourth-order valence-electron chi connectivity index (χ4n) is 3.83. The van der Waals surface area contributed by atoms with Gasteiger partial charge in [-0.1, -0.05) is 50.0 Å². The van der Waals surface area contributed by atoms with Crippen LogP contribution in [0.15, 0.2) is 36.4 Å². The molecule has 1 heterocycles. The summed E-state index contributed by atoms with van der Waals surface area (Å²) in [5.41, 5.74) is 0.888. The van der Waals surface area contributed by atoms with Gasteiger partial charge in [0, 0.05) is 19.2 Å². The van der Waals surface area contributed by atoms with E-state index in [0.29, 0.717) is 40.1 Å². The highest BCUT2D eigenvalue weighted by molar-refractivity contribution is 7.92. The van der Waals surface area contributed by atoms with E-state index in [0.717, 1.165) is 10.6 Å². The van der Waals surface area contributed by atoms with Crippen molar-refractivity contribution in [2.24, 2.45) is 5.92 Å². The van der Waals surface area contributed by atoms with Gasteiger partial charge in [-0.3, -0.25) is 13.9 Å². The van der Waals surface area contributed by atoms with Crippen molar-refractivity contribution in [1.82, 2.24) is 10.2 Å². The highest BCUT2D eigenvalue weighted by Crippen LogP contribution is 2.36. The summed E-state index contributed by atoms with van der Waals surface area (Å²) in [7, 11) is -3.87. The van der Waals surface area contributed by atoms with Gasteiger partial charge in [-0.15, -0.1) is 0 Å². The molecule has 0 radical (unpaired) electrons. The molecule has 1 unspecified atom stereocenters. The summed E-state index contributed by atoms with van der Waals surface area (Å²) in [6.45, 7) is 5.70. The van der Waals surface area contributed by atoms with Crippen molar-refractivity contribution in [3.63, 3.8) is 0 Å². The van der Waals surface area contributed by atoms with Crippen molar-refractivity contribution in [2.75, 3.05) is 30.4 Å². The Morgan fingerprint density at radius 2 is 1.76 bits per heavy atom. The molecule has 1 N–H and O–H groups in total. The first kappa shape index (κ1) is 28.9. The molecule has 1 aliphatic heterocycles. The molecule has 2 aromatic carbocycles. The third-order valence-corrected chi connectivity index (χ3v) is 7.61. The molecule has 12 heteroatoms. The minimum atomic E-state index is -3.87. The summed E-state index contributed by atoms with van der Waals surface area (Å²) in [6, 6.07) is 8.73. The number of rotatable bonds is 11. The number of sulfonamides is 1. The second-order valence-electron chi connectivity index (χ2n) is 9.14. The smallest absolute Gasteiger partial charge is 0.244 e. The first-order chi connectivity index (χ1) is 17.4. The van der Waals surface area contributed by atoms with E-state index in [-0.39, 0.29) is 30.9 Å². The number of carbonyl (C=O) groups is 2. The summed E-state index contributed by atoms with van der Waals surface area (Å²) >= 11 is 12.2. The van der Waals surface area contributed by atoms with Crippen LogP contribution in [-0.2, 0) is 26.2 Å². The molecule has 0 spiro atoms. The zero-order chi connectivity index (χ0) is 27.3. The van der Waals surface area contributed by atoms with Gasteiger partial charge < -0.3 is 19.7 Å². The number of nitrogens with zero attached hydrogens (tertiary/aromatic N) is 2. The second kappa shape index (κ2) is 12.2. The zero-order valence-electron chi connectivity index (χ0n) is 21.2. The van der Waals surface area contributed by atoms with Gasteiger partial charge in [0.15, 0.2) is 11.5 Å². The molecule has 0 bridgehead atoms. The molecule has 9 nitrogen and oxygen atoms in total. The number of hydrogen-bond acceptors (Lipinski definition) is 6. The van der Waals surface area contributed by atoms with Crippen molar-refractivity contribution < 1.29 is 27.5 Å². The number of amides is 2. The van der Waals surface area contributed by atoms with Crippen molar-refractivity contribution >= 4 is 50.7 Å². The van der Waals surface area contributed by atoms with Crippen LogP contribution in [0.3, 0.4) is 0 Å². The summed E-state index contributed by atoms with van der Waals surface area (Å²) in [5, 5.41) is 3.54. The maximum absolute atomic E-state index is 13.7. The number of carbonyl (C=O) groups excluding carboxylic acids is 2. The second-order valence-corrected chi connectivity index (χ2v) is 11.9. The third kappa shape index (κ3) is 7.43. The Bertz CT molecular complexity index is 1250. The fourth-order valence-corrected chi connectivity index (χ4v) is 4.99. The molecule has 202 valence electrons. The van der Waals surface area contributed by atoms with Gasteiger partial charge in [-0.05, 0) is 42.2 Å². The molecule has 0 fully saturated rings. The quantitative estimate of drug-likeness (QED) is 0.436. The Balaban J connectivity index is 1.95. The van der Waals surface area contributed by atoms with E-state index < -0.39 is 28.5 Å². The van der Waals surface area contributed by atoms with Crippen LogP contribution in [0.4, 0.5) is 5.69 Å². The van der Waals surface area contributed by atoms with Crippen LogP contribution in [0.25, 0.3) is 0 Å². The predicted molar refractivity (Wildman–Crippen MR) is 144 cm³/mol. The van der Waals surface area contributed by atoms with E-state index in [4.69, 9.17) is 32.7 Å². The monoisotopic (exact) mass is 571 g/mol. The fraction of sp³-hybridized carbons (Fsp3) is 0.440. The summed E-state index contributed by atoms with van der Waals surface area (Å²) in [5.74, 6) is 0.204. The van der Waals surface area contributed by atoms with E-state index in [9.17, 15) is 18.0 Å². The average molecular weight is 573 g/mol. The van der Waals surface area contributed by atoms with E-state index >= 15 is 0 Å². The van der Waals surface area contributed by atoms with Gasteiger partial charge >= 0.3 is 0 Å². The molecule has 1 aliphatic rings. The minimum Gasteiger partial charge on any atom is -0.454 e. The molecule has 1 atom stereocenters. The SMILES string of the molecule is CCC(C(=O)NCC(C)C)N(Cc1ccc(Cl)c(Cl)c1)C(=O)CN(c1ccc2c(c1)OCO2)S(C)(=O)=O. The van der Waals surface area contributed by atoms with Crippen molar-refractivity contribution in [3.8, 4) is 11.5 Å². The standard InChI is InChI=1S/C25H31Cl2N3O6S/c1-5-21(25(32)28-12-16(2)3)29(13-17-6-8-19(26)20(27)10-17)24(31)14-30(37(4,33)34)18-7-9-22-23(11-18)36-15-35-22/h6-11,16,21H,5,12-15H2,1-4H3,(H,28,32). The van der Waals surface area contributed by atoms with E-state index in [2.05, 4.69) is 5.32 Å².